The number of benzene rings is 3. The minimum atomic E-state index is -1.28. The minimum absolute atomic E-state index is 0.252. The van der Waals surface area contributed by atoms with Crippen LogP contribution in [0.4, 0.5) is 13.2 Å². The molecule has 196 valence electrons. The molecule has 1 amide bonds. The molecule has 0 radical (unpaired) electrons. The van der Waals surface area contributed by atoms with Crippen molar-refractivity contribution in [2.75, 3.05) is 13.2 Å². The van der Waals surface area contributed by atoms with Crippen molar-refractivity contribution in [3.63, 3.8) is 0 Å². The third kappa shape index (κ3) is 5.99. The molecule has 7 heteroatoms. The molecule has 1 aliphatic rings. The summed E-state index contributed by atoms with van der Waals surface area (Å²) >= 11 is 0. The van der Waals surface area contributed by atoms with Gasteiger partial charge in [0, 0.05) is 18.8 Å². The van der Waals surface area contributed by atoms with Crippen LogP contribution in [0, 0.1) is 31.3 Å². The highest BCUT2D eigenvalue weighted by molar-refractivity contribution is 5.96. The third-order valence-corrected chi connectivity index (χ3v) is 6.84. The topological polar surface area (TPSA) is 47.6 Å². The molecule has 1 N–H and O–H groups in total. The SMILES string of the molecule is CCCc1ccc(OCc2c(F)ccc(F)c2F)cc1C(=O)NC1(c2cc(C)cc(C)c2)CCOCC1. The largest absolute Gasteiger partial charge is 0.489 e. The van der Waals surface area contributed by atoms with E-state index in [-0.39, 0.29) is 11.7 Å². The van der Waals surface area contributed by atoms with Gasteiger partial charge in [0.1, 0.15) is 18.2 Å². The Kier molecular flexibility index (Phi) is 8.22. The number of carbonyl (C=O) groups is 1. The minimum Gasteiger partial charge on any atom is -0.489 e. The van der Waals surface area contributed by atoms with Crippen molar-refractivity contribution in [2.45, 2.75) is 58.6 Å². The van der Waals surface area contributed by atoms with E-state index >= 15 is 0 Å². The second-order valence-electron chi connectivity index (χ2n) is 9.70. The summed E-state index contributed by atoms with van der Waals surface area (Å²) in [5.41, 5.74) is 3.49. The van der Waals surface area contributed by atoms with Gasteiger partial charge in [-0.3, -0.25) is 4.79 Å². The highest BCUT2D eigenvalue weighted by Crippen LogP contribution is 2.34. The van der Waals surface area contributed by atoms with E-state index in [0.29, 0.717) is 38.0 Å². The summed E-state index contributed by atoms with van der Waals surface area (Å²) < 4.78 is 53.0. The molecule has 1 aliphatic heterocycles. The van der Waals surface area contributed by atoms with E-state index in [1.807, 2.05) is 20.8 Å². The zero-order valence-electron chi connectivity index (χ0n) is 21.4. The fourth-order valence-electron chi connectivity index (χ4n) is 4.94. The maximum Gasteiger partial charge on any atom is 0.252 e. The lowest BCUT2D eigenvalue weighted by Crippen LogP contribution is -2.49. The zero-order valence-corrected chi connectivity index (χ0v) is 21.4. The summed E-state index contributed by atoms with van der Waals surface area (Å²) in [4.78, 5) is 13.8. The summed E-state index contributed by atoms with van der Waals surface area (Å²) in [6, 6.07) is 12.9. The molecule has 0 spiro atoms. The molecule has 37 heavy (non-hydrogen) atoms. The van der Waals surface area contributed by atoms with Crippen LogP contribution in [0.15, 0.2) is 48.5 Å². The second kappa shape index (κ2) is 11.4. The molecule has 1 heterocycles. The molecule has 4 rings (SSSR count). The molecule has 0 aliphatic carbocycles. The maximum absolute atomic E-state index is 14.1. The molecular formula is C30H32F3NO3. The van der Waals surface area contributed by atoms with Crippen LogP contribution in [0.3, 0.4) is 0 Å². The Hall–Kier alpha value is -3.32. The number of amides is 1. The fraction of sp³-hybridized carbons (Fsp3) is 0.367. The molecule has 3 aromatic rings. The smallest absolute Gasteiger partial charge is 0.252 e. The van der Waals surface area contributed by atoms with Gasteiger partial charge in [0.15, 0.2) is 11.6 Å². The van der Waals surface area contributed by atoms with Crippen LogP contribution in [0.1, 0.15) is 64.4 Å². The lowest BCUT2D eigenvalue weighted by atomic mass is 9.81. The van der Waals surface area contributed by atoms with E-state index in [4.69, 9.17) is 9.47 Å². The van der Waals surface area contributed by atoms with Crippen molar-refractivity contribution >= 4 is 5.91 Å². The second-order valence-corrected chi connectivity index (χ2v) is 9.70. The Bertz CT molecular complexity index is 1270. The van der Waals surface area contributed by atoms with Crippen molar-refractivity contribution in [1.82, 2.24) is 5.32 Å². The van der Waals surface area contributed by atoms with E-state index in [2.05, 4.69) is 23.5 Å². The molecule has 3 aromatic carbocycles. The summed E-state index contributed by atoms with van der Waals surface area (Å²) in [7, 11) is 0. The highest BCUT2D eigenvalue weighted by Gasteiger charge is 2.37. The normalized spacial score (nSPS) is 14.9. The van der Waals surface area contributed by atoms with Crippen molar-refractivity contribution in [3.05, 3.63) is 99.4 Å². The molecule has 0 unspecified atom stereocenters. The summed E-state index contributed by atoms with van der Waals surface area (Å²) in [5, 5.41) is 3.30. The van der Waals surface area contributed by atoms with Gasteiger partial charge in [-0.25, -0.2) is 13.2 Å². The van der Waals surface area contributed by atoms with Crippen LogP contribution < -0.4 is 10.1 Å². The van der Waals surface area contributed by atoms with E-state index in [1.165, 1.54) is 0 Å². The van der Waals surface area contributed by atoms with Crippen LogP contribution in [0.25, 0.3) is 0 Å². The van der Waals surface area contributed by atoms with Crippen molar-refractivity contribution in [1.29, 1.82) is 0 Å². The first-order chi connectivity index (χ1) is 17.7. The molecule has 0 aromatic heterocycles. The van der Waals surface area contributed by atoms with Gasteiger partial charge in [0.2, 0.25) is 0 Å². The Balaban J connectivity index is 1.64. The van der Waals surface area contributed by atoms with E-state index in [0.717, 1.165) is 40.8 Å². The molecule has 0 bridgehead atoms. The van der Waals surface area contributed by atoms with Gasteiger partial charge in [-0.2, -0.15) is 0 Å². The number of rotatable bonds is 8. The molecule has 1 fully saturated rings. The summed E-state index contributed by atoms with van der Waals surface area (Å²) in [6.07, 6.45) is 2.78. The monoisotopic (exact) mass is 511 g/mol. The first-order valence-corrected chi connectivity index (χ1v) is 12.6. The third-order valence-electron chi connectivity index (χ3n) is 6.84. The predicted octanol–water partition coefficient (Wildman–Crippen LogP) is 6.69. The summed E-state index contributed by atoms with van der Waals surface area (Å²) in [5.74, 6) is -3.31. The molecular weight excluding hydrogens is 479 g/mol. The lowest BCUT2D eigenvalue weighted by molar-refractivity contribution is 0.0344. The van der Waals surface area contributed by atoms with Gasteiger partial charge in [-0.15, -0.1) is 0 Å². The van der Waals surface area contributed by atoms with Crippen LogP contribution >= 0.6 is 0 Å². The van der Waals surface area contributed by atoms with Crippen molar-refractivity contribution in [2.24, 2.45) is 0 Å². The Labute approximate surface area is 215 Å². The maximum atomic E-state index is 14.1. The Morgan fingerprint density at radius 3 is 2.32 bits per heavy atom. The predicted molar refractivity (Wildman–Crippen MR) is 136 cm³/mol. The Morgan fingerprint density at radius 1 is 0.973 bits per heavy atom. The number of hydrogen-bond donors (Lipinski definition) is 1. The number of aryl methyl sites for hydroxylation is 3. The molecule has 1 saturated heterocycles. The number of halogens is 3. The van der Waals surface area contributed by atoms with Crippen LogP contribution in [-0.4, -0.2) is 19.1 Å². The standard InChI is InChI=1S/C30H32F3NO3/c1-4-5-21-6-7-23(37-18-25-26(31)8-9-27(32)28(25)33)17-24(21)29(35)34-30(10-12-36-13-11-30)22-15-19(2)14-20(3)16-22/h6-9,14-17H,4-5,10-13,18H2,1-3H3,(H,34,35). The molecule has 0 saturated carbocycles. The van der Waals surface area contributed by atoms with Gasteiger partial charge >= 0.3 is 0 Å². The zero-order chi connectivity index (χ0) is 26.6. The molecule has 0 atom stereocenters. The van der Waals surface area contributed by atoms with E-state index < -0.39 is 35.2 Å². The van der Waals surface area contributed by atoms with Crippen LogP contribution in [0.2, 0.25) is 0 Å². The lowest BCUT2D eigenvalue weighted by Gasteiger charge is -2.39. The molecule has 4 nitrogen and oxygen atoms in total. The average molecular weight is 512 g/mol. The highest BCUT2D eigenvalue weighted by atomic mass is 19.2. The Morgan fingerprint density at radius 2 is 1.65 bits per heavy atom. The number of ether oxygens (including phenoxy) is 2. The summed E-state index contributed by atoms with van der Waals surface area (Å²) in [6.45, 7) is 6.65. The van der Waals surface area contributed by atoms with Gasteiger partial charge in [-0.1, -0.05) is 48.7 Å². The van der Waals surface area contributed by atoms with Crippen molar-refractivity contribution < 1.29 is 27.4 Å². The number of hydrogen-bond acceptors (Lipinski definition) is 3. The number of carbonyl (C=O) groups excluding carboxylic acids is 1. The van der Waals surface area contributed by atoms with E-state index in [9.17, 15) is 18.0 Å². The average Bonchev–Trinajstić information content (AvgIpc) is 2.87. The van der Waals surface area contributed by atoms with E-state index in [1.54, 1.807) is 18.2 Å². The van der Waals surface area contributed by atoms with Crippen LogP contribution in [0.5, 0.6) is 5.75 Å². The van der Waals surface area contributed by atoms with Gasteiger partial charge in [0.05, 0.1) is 11.1 Å². The fourth-order valence-corrected chi connectivity index (χ4v) is 4.94. The van der Waals surface area contributed by atoms with Gasteiger partial charge in [0.25, 0.3) is 5.91 Å². The quantitative estimate of drug-likeness (QED) is 0.343. The number of nitrogens with one attached hydrogen (secondary N) is 1. The van der Waals surface area contributed by atoms with Gasteiger partial charge in [-0.05, 0) is 68.5 Å². The first kappa shape index (κ1) is 26.7. The van der Waals surface area contributed by atoms with Crippen molar-refractivity contribution in [3.8, 4) is 5.75 Å². The van der Waals surface area contributed by atoms with Gasteiger partial charge < -0.3 is 14.8 Å². The first-order valence-electron chi connectivity index (χ1n) is 12.6. The van der Waals surface area contributed by atoms with Crippen LogP contribution in [-0.2, 0) is 23.3 Å².